The Labute approximate surface area is 85.1 Å². The molecule has 0 saturated heterocycles. The van der Waals surface area contributed by atoms with E-state index in [9.17, 15) is 4.55 Å². The molecular formula is C10H21NOS. The molecular weight excluding hydrogens is 182 g/mol. The summed E-state index contributed by atoms with van der Waals surface area (Å²) >= 11 is -1.10. The van der Waals surface area contributed by atoms with Crippen molar-refractivity contribution in [3.05, 3.63) is 0 Å². The Morgan fingerprint density at radius 3 is 2.23 bits per heavy atom. The van der Waals surface area contributed by atoms with Crippen molar-refractivity contribution < 1.29 is 4.55 Å². The molecule has 0 aliphatic carbocycles. The van der Waals surface area contributed by atoms with Gasteiger partial charge in [-0.1, -0.05) is 18.2 Å². The van der Waals surface area contributed by atoms with E-state index in [1.165, 1.54) is 0 Å². The Morgan fingerprint density at radius 2 is 1.92 bits per heavy atom. The minimum atomic E-state index is -1.10. The fourth-order valence-corrected chi connectivity index (χ4v) is 1.37. The lowest BCUT2D eigenvalue weighted by molar-refractivity contribution is 0.561. The van der Waals surface area contributed by atoms with Crippen molar-refractivity contribution in [3.8, 4) is 0 Å². The maximum atomic E-state index is 11.6. The topological polar surface area (TPSA) is 35.4 Å². The van der Waals surface area contributed by atoms with Crippen LogP contribution in [0.15, 0.2) is 4.40 Å². The molecule has 0 aromatic rings. The minimum Gasteiger partial charge on any atom is -0.591 e. The Kier molecular flexibility index (Phi) is 5.00. The van der Waals surface area contributed by atoms with Crippen LogP contribution in [0.3, 0.4) is 0 Å². The van der Waals surface area contributed by atoms with Crippen molar-refractivity contribution in [1.29, 1.82) is 0 Å². The van der Waals surface area contributed by atoms with Crippen LogP contribution in [0.4, 0.5) is 0 Å². The van der Waals surface area contributed by atoms with Gasteiger partial charge in [0.25, 0.3) is 0 Å². The first-order valence-electron chi connectivity index (χ1n) is 4.76. The van der Waals surface area contributed by atoms with Crippen molar-refractivity contribution in [2.45, 2.75) is 52.7 Å². The zero-order valence-electron chi connectivity index (χ0n) is 9.55. The molecule has 0 aliphatic heterocycles. The third kappa shape index (κ3) is 4.67. The predicted octanol–water partition coefficient (Wildman–Crippen LogP) is 2.96. The Balaban J connectivity index is 4.39. The van der Waals surface area contributed by atoms with Crippen LogP contribution in [0, 0.1) is 5.92 Å². The molecule has 0 amide bonds. The first kappa shape index (κ1) is 13.0. The summed E-state index contributed by atoms with van der Waals surface area (Å²) in [5.74, 6) is 0.436. The van der Waals surface area contributed by atoms with E-state index >= 15 is 0 Å². The van der Waals surface area contributed by atoms with E-state index in [1.54, 1.807) is 0 Å². The van der Waals surface area contributed by atoms with E-state index in [0.29, 0.717) is 5.92 Å². The highest BCUT2D eigenvalue weighted by atomic mass is 32.2. The summed E-state index contributed by atoms with van der Waals surface area (Å²) < 4.78 is 15.6. The second kappa shape index (κ2) is 5.01. The normalized spacial score (nSPS) is 18.5. The van der Waals surface area contributed by atoms with Crippen molar-refractivity contribution in [2.75, 3.05) is 0 Å². The molecule has 0 fully saturated rings. The summed E-state index contributed by atoms with van der Waals surface area (Å²) in [5, 5.41) is 0. The SMILES string of the molecule is CCC(C)C(C)=N[S+]([O-])C(C)(C)C. The van der Waals surface area contributed by atoms with Gasteiger partial charge in [-0.3, -0.25) is 0 Å². The molecule has 0 aromatic carbocycles. The highest BCUT2D eigenvalue weighted by Crippen LogP contribution is 2.18. The van der Waals surface area contributed by atoms with Gasteiger partial charge in [0, 0.05) is 0 Å². The van der Waals surface area contributed by atoms with Crippen LogP contribution in [-0.4, -0.2) is 15.0 Å². The van der Waals surface area contributed by atoms with Crippen LogP contribution in [0.2, 0.25) is 0 Å². The molecule has 2 atom stereocenters. The van der Waals surface area contributed by atoms with Crippen LogP contribution in [-0.2, 0) is 11.4 Å². The Morgan fingerprint density at radius 1 is 1.46 bits per heavy atom. The molecule has 0 heterocycles. The molecule has 0 radical (unpaired) electrons. The van der Waals surface area contributed by atoms with Gasteiger partial charge in [-0.25, -0.2) is 0 Å². The molecule has 0 rings (SSSR count). The van der Waals surface area contributed by atoms with Gasteiger partial charge in [-0.05, 0) is 40.0 Å². The van der Waals surface area contributed by atoms with Gasteiger partial charge in [0.1, 0.15) is 16.1 Å². The van der Waals surface area contributed by atoms with E-state index in [0.717, 1.165) is 12.1 Å². The van der Waals surface area contributed by atoms with Gasteiger partial charge in [-0.15, -0.1) is 0 Å². The van der Waals surface area contributed by atoms with Crippen molar-refractivity contribution in [3.63, 3.8) is 0 Å². The highest BCUT2D eigenvalue weighted by Gasteiger charge is 2.27. The minimum absolute atomic E-state index is 0.241. The Hall–Kier alpha value is -0.0200. The monoisotopic (exact) mass is 203 g/mol. The molecule has 13 heavy (non-hydrogen) atoms. The molecule has 0 bridgehead atoms. The van der Waals surface area contributed by atoms with E-state index < -0.39 is 11.4 Å². The first-order valence-corrected chi connectivity index (χ1v) is 5.87. The van der Waals surface area contributed by atoms with Gasteiger partial charge in [0.05, 0.1) is 5.71 Å². The quantitative estimate of drug-likeness (QED) is 0.513. The van der Waals surface area contributed by atoms with Gasteiger partial charge < -0.3 is 4.55 Å². The zero-order valence-corrected chi connectivity index (χ0v) is 10.4. The summed E-state index contributed by atoms with van der Waals surface area (Å²) in [6.45, 7) is 12.0. The van der Waals surface area contributed by atoms with Crippen LogP contribution >= 0.6 is 0 Å². The summed E-state index contributed by atoms with van der Waals surface area (Å²) in [6, 6.07) is 0. The van der Waals surface area contributed by atoms with Gasteiger partial charge in [-0.2, -0.15) is 0 Å². The average molecular weight is 203 g/mol. The highest BCUT2D eigenvalue weighted by molar-refractivity contribution is 7.91. The number of hydrogen-bond acceptors (Lipinski definition) is 2. The lowest BCUT2D eigenvalue weighted by Gasteiger charge is -2.19. The second-order valence-corrected chi connectivity index (χ2v) is 6.31. The third-order valence-corrected chi connectivity index (χ3v) is 3.58. The van der Waals surface area contributed by atoms with Crippen molar-refractivity contribution in [2.24, 2.45) is 10.3 Å². The predicted molar refractivity (Wildman–Crippen MR) is 60.5 cm³/mol. The van der Waals surface area contributed by atoms with Crippen molar-refractivity contribution in [1.82, 2.24) is 0 Å². The van der Waals surface area contributed by atoms with Crippen LogP contribution in [0.5, 0.6) is 0 Å². The third-order valence-electron chi connectivity index (χ3n) is 2.08. The second-order valence-electron chi connectivity index (χ2n) is 4.40. The smallest absolute Gasteiger partial charge is 0.144 e. The molecule has 0 aliphatic rings. The van der Waals surface area contributed by atoms with Crippen LogP contribution < -0.4 is 0 Å². The van der Waals surface area contributed by atoms with Crippen molar-refractivity contribution >= 4 is 17.1 Å². The molecule has 78 valence electrons. The molecule has 0 spiro atoms. The summed E-state index contributed by atoms with van der Waals surface area (Å²) in [6.07, 6.45) is 1.05. The Bertz CT molecular complexity index is 184. The fourth-order valence-electron chi connectivity index (χ4n) is 0.653. The van der Waals surface area contributed by atoms with Gasteiger partial charge in [0.2, 0.25) is 0 Å². The van der Waals surface area contributed by atoms with E-state index in [-0.39, 0.29) is 4.75 Å². The summed E-state index contributed by atoms with van der Waals surface area (Å²) in [5.41, 5.74) is 0.996. The van der Waals surface area contributed by atoms with Crippen LogP contribution in [0.1, 0.15) is 48.0 Å². The molecule has 0 saturated carbocycles. The van der Waals surface area contributed by atoms with E-state index in [1.807, 2.05) is 27.7 Å². The lowest BCUT2D eigenvalue weighted by atomic mass is 10.1. The maximum absolute atomic E-state index is 11.6. The maximum Gasteiger partial charge on any atom is 0.144 e. The zero-order chi connectivity index (χ0) is 10.6. The molecule has 0 N–H and O–H groups in total. The fraction of sp³-hybridized carbons (Fsp3) is 0.900. The molecule has 2 unspecified atom stereocenters. The molecule has 3 heteroatoms. The largest absolute Gasteiger partial charge is 0.591 e. The van der Waals surface area contributed by atoms with E-state index in [2.05, 4.69) is 18.2 Å². The summed E-state index contributed by atoms with van der Waals surface area (Å²) in [7, 11) is 0. The number of nitrogens with zero attached hydrogens (tertiary/aromatic N) is 1. The van der Waals surface area contributed by atoms with Gasteiger partial charge >= 0.3 is 0 Å². The lowest BCUT2D eigenvalue weighted by Crippen LogP contribution is -2.27. The molecule has 0 aromatic heterocycles. The van der Waals surface area contributed by atoms with Crippen LogP contribution in [0.25, 0.3) is 0 Å². The number of rotatable bonds is 3. The first-order chi connectivity index (χ1) is 5.79. The standard InChI is InChI=1S/C10H21NOS/c1-7-8(2)9(3)11-13(12)10(4,5)6/h8H,7H2,1-6H3. The molecule has 2 nitrogen and oxygen atoms in total. The number of hydrogen-bond donors (Lipinski definition) is 0. The van der Waals surface area contributed by atoms with Gasteiger partial charge in [0.15, 0.2) is 0 Å². The average Bonchev–Trinajstić information content (AvgIpc) is 2.01. The van der Waals surface area contributed by atoms with E-state index in [4.69, 9.17) is 0 Å². The summed E-state index contributed by atoms with van der Waals surface area (Å²) in [4.78, 5) is 0.